The molecule has 2 unspecified atom stereocenters. The van der Waals surface area contributed by atoms with E-state index in [1.54, 1.807) is 18.2 Å². The Morgan fingerprint density at radius 3 is 2.67 bits per heavy atom. The topological polar surface area (TPSA) is 55.8 Å². The summed E-state index contributed by atoms with van der Waals surface area (Å²) in [6.07, 6.45) is 2.48. The quantitative estimate of drug-likeness (QED) is 0.709. The molecule has 0 aliphatic heterocycles. The van der Waals surface area contributed by atoms with Gasteiger partial charge in [0.25, 0.3) is 0 Å². The Kier molecular flexibility index (Phi) is 7.83. The summed E-state index contributed by atoms with van der Waals surface area (Å²) in [7, 11) is 0. The monoisotopic (exact) mass is 294 g/mol. The molecule has 21 heavy (non-hydrogen) atoms. The molecule has 0 bridgehead atoms. The fraction of sp³-hybridized carbons (Fsp3) is 0.588. The average molecular weight is 294 g/mol. The van der Waals surface area contributed by atoms with E-state index in [0.29, 0.717) is 13.0 Å². The third-order valence-corrected chi connectivity index (χ3v) is 3.13. The zero-order valence-corrected chi connectivity index (χ0v) is 13.2. The maximum absolute atomic E-state index is 12.1. The van der Waals surface area contributed by atoms with Gasteiger partial charge in [0.15, 0.2) is 6.10 Å². The number of aromatic hydroxyl groups is 1. The fourth-order valence-electron chi connectivity index (χ4n) is 2.14. The standard InChI is InChI=1S/C17H26O4/c1-4-7-13(3)21-16(17(19)20-10-5-2)12-14-8-6-9-15(18)11-14/h6,8-9,11,13,16,18H,4-5,7,10,12H2,1-3H3. The SMILES string of the molecule is CCCOC(=O)C(Cc1cccc(O)c1)OC(C)CCC. The van der Waals surface area contributed by atoms with Gasteiger partial charge in [0.05, 0.1) is 12.7 Å². The first-order valence-electron chi connectivity index (χ1n) is 7.66. The van der Waals surface area contributed by atoms with Crippen LogP contribution in [0.4, 0.5) is 0 Å². The molecule has 0 spiro atoms. The number of rotatable bonds is 9. The number of ether oxygens (including phenoxy) is 2. The number of esters is 1. The van der Waals surface area contributed by atoms with Crippen LogP contribution in [0.2, 0.25) is 0 Å². The predicted molar refractivity (Wildman–Crippen MR) is 82.3 cm³/mol. The van der Waals surface area contributed by atoms with Crippen molar-refractivity contribution in [1.82, 2.24) is 0 Å². The molecular formula is C17H26O4. The highest BCUT2D eigenvalue weighted by Crippen LogP contribution is 2.16. The van der Waals surface area contributed by atoms with E-state index in [2.05, 4.69) is 6.92 Å². The first-order valence-corrected chi connectivity index (χ1v) is 7.66. The molecule has 0 saturated carbocycles. The largest absolute Gasteiger partial charge is 0.508 e. The summed E-state index contributed by atoms with van der Waals surface area (Å²) in [5.74, 6) is -0.141. The van der Waals surface area contributed by atoms with Crippen molar-refractivity contribution in [3.05, 3.63) is 29.8 Å². The third-order valence-electron chi connectivity index (χ3n) is 3.13. The molecule has 1 N–H and O–H groups in total. The number of hydrogen-bond donors (Lipinski definition) is 1. The van der Waals surface area contributed by atoms with Gasteiger partial charge in [-0.2, -0.15) is 0 Å². The molecule has 4 heteroatoms. The second kappa shape index (κ2) is 9.40. The summed E-state index contributed by atoms with van der Waals surface area (Å²) >= 11 is 0. The number of benzene rings is 1. The maximum atomic E-state index is 12.1. The van der Waals surface area contributed by atoms with Crippen molar-refractivity contribution in [2.45, 2.75) is 58.7 Å². The number of phenols is 1. The minimum Gasteiger partial charge on any atom is -0.508 e. The van der Waals surface area contributed by atoms with Crippen LogP contribution in [0.25, 0.3) is 0 Å². The molecule has 0 amide bonds. The van der Waals surface area contributed by atoms with Crippen molar-refractivity contribution in [1.29, 1.82) is 0 Å². The van der Waals surface area contributed by atoms with Gasteiger partial charge in [0.1, 0.15) is 5.75 Å². The first kappa shape index (κ1) is 17.5. The second-order valence-corrected chi connectivity index (χ2v) is 5.27. The molecule has 1 rings (SSSR count). The number of carbonyl (C=O) groups is 1. The van der Waals surface area contributed by atoms with Crippen LogP contribution in [0.5, 0.6) is 5.75 Å². The molecule has 4 nitrogen and oxygen atoms in total. The predicted octanol–water partition coefficient (Wildman–Crippen LogP) is 3.46. The highest BCUT2D eigenvalue weighted by atomic mass is 16.6. The Hall–Kier alpha value is -1.55. The number of phenolic OH excluding ortho intramolecular Hbond substituents is 1. The summed E-state index contributed by atoms with van der Waals surface area (Å²) in [5, 5.41) is 9.52. The van der Waals surface area contributed by atoms with Gasteiger partial charge >= 0.3 is 5.97 Å². The molecule has 2 atom stereocenters. The number of hydrogen-bond acceptors (Lipinski definition) is 4. The maximum Gasteiger partial charge on any atom is 0.335 e. The fourth-order valence-corrected chi connectivity index (χ4v) is 2.14. The van der Waals surface area contributed by atoms with Crippen LogP contribution in [0.15, 0.2) is 24.3 Å². The lowest BCUT2D eigenvalue weighted by Crippen LogP contribution is -2.32. The molecule has 0 aliphatic carbocycles. The second-order valence-electron chi connectivity index (χ2n) is 5.27. The van der Waals surface area contributed by atoms with E-state index < -0.39 is 6.10 Å². The summed E-state index contributed by atoms with van der Waals surface area (Å²) in [6, 6.07) is 6.88. The summed E-state index contributed by atoms with van der Waals surface area (Å²) in [6.45, 7) is 6.41. The normalized spacial score (nSPS) is 13.7. The Labute approximate surface area is 127 Å². The van der Waals surface area contributed by atoms with E-state index in [1.807, 2.05) is 19.9 Å². The molecule has 1 aromatic carbocycles. The van der Waals surface area contributed by atoms with Crippen LogP contribution in [0, 0.1) is 0 Å². The molecule has 0 aliphatic rings. The third kappa shape index (κ3) is 6.63. The van der Waals surface area contributed by atoms with Gasteiger partial charge < -0.3 is 14.6 Å². The lowest BCUT2D eigenvalue weighted by molar-refractivity contribution is -0.160. The van der Waals surface area contributed by atoms with Gasteiger partial charge in [-0.3, -0.25) is 0 Å². The lowest BCUT2D eigenvalue weighted by atomic mass is 10.1. The highest BCUT2D eigenvalue weighted by molar-refractivity contribution is 5.75. The molecule has 1 aromatic rings. The van der Waals surface area contributed by atoms with Crippen molar-refractivity contribution >= 4 is 5.97 Å². The van der Waals surface area contributed by atoms with Crippen molar-refractivity contribution in [3.63, 3.8) is 0 Å². The molecule has 0 heterocycles. The van der Waals surface area contributed by atoms with Gasteiger partial charge in [0.2, 0.25) is 0 Å². The van der Waals surface area contributed by atoms with E-state index in [-0.39, 0.29) is 17.8 Å². The van der Waals surface area contributed by atoms with Crippen molar-refractivity contribution < 1.29 is 19.4 Å². The van der Waals surface area contributed by atoms with Crippen molar-refractivity contribution in [2.24, 2.45) is 0 Å². The Bertz CT molecular complexity index is 431. The Balaban J connectivity index is 2.72. The molecule has 0 saturated heterocycles. The van der Waals surface area contributed by atoms with Crippen LogP contribution in [0.3, 0.4) is 0 Å². The summed E-state index contributed by atoms with van der Waals surface area (Å²) < 4.78 is 11.0. The Morgan fingerprint density at radius 2 is 2.05 bits per heavy atom. The molecule has 0 aromatic heterocycles. The lowest BCUT2D eigenvalue weighted by Gasteiger charge is -2.21. The van der Waals surface area contributed by atoms with Gasteiger partial charge in [-0.25, -0.2) is 4.79 Å². The van der Waals surface area contributed by atoms with Gasteiger partial charge in [-0.15, -0.1) is 0 Å². The first-order chi connectivity index (χ1) is 10.1. The molecular weight excluding hydrogens is 268 g/mol. The zero-order valence-electron chi connectivity index (χ0n) is 13.2. The molecule has 118 valence electrons. The smallest absolute Gasteiger partial charge is 0.335 e. The van der Waals surface area contributed by atoms with Gasteiger partial charge in [0, 0.05) is 6.42 Å². The van der Waals surface area contributed by atoms with Crippen LogP contribution in [-0.2, 0) is 20.7 Å². The average Bonchev–Trinajstić information content (AvgIpc) is 2.44. The molecule has 0 radical (unpaired) electrons. The van der Waals surface area contributed by atoms with E-state index >= 15 is 0 Å². The van der Waals surface area contributed by atoms with Crippen LogP contribution >= 0.6 is 0 Å². The van der Waals surface area contributed by atoms with Crippen LogP contribution in [0.1, 0.15) is 45.6 Å². The van der Waals surface area contributed by atoms with Gasteiger partial charge in [-0.05, 0) is 37.5 Å². The highest BCUT2D eigenvalue weighted by Gasteiger charge is 2.23. The van der Waals surface area contributed by atoms with Crippen LogP contribution < -0.4 is 0 Å². The van der Waals surface area contributed by atoms with E-state index in [1.165, 1.54) is 0 Å². The number of carbonyl (C=O) groups excluding carboxylic acids is 1. The molecule has 0 fully saturated rings. The zero-order chi connectivity index (χ0) is 15.7. The van der Waals surface area contributed by atoms with Crippen LogP contribution in [-0.4, -0.2) is 29.9 Å². The summed E-state index contributed by atoms with van der Waals surface area (Å²) in [5.41, 5.74) is 0.858. The Morgan fingerprint density at radius 1 is 1.29 bits per heavy atom. The van der Waals surface area contributed by atoms with Gasteiger partial charge in [-0.1, -0.05) is 32.4 Å². The van der Waals surface area contributed by atoms with E-state index in [4.69, 9.17) is 9.47 Å². The minimum absolute atomic E-state index is 0.00601. The van der Waals surface area contributed by atoms with Crippen molar-refractivity contribution in [2.75, 3.05) is 6.61 Å². The van der Waals surface area contributed by atoms with E-state index in [9.17, 15) is 9.90 Å². The summed E-state index contributed by atoms with van der Waals surface area (Å²) in [4.78, 5) is 12.1. The van der Waals surface area contributed by atoms with E-state index in [0.717, 1.165) is 24.8 Å². The minimum atomic E-state index is -0.625. The van der Waals surface area contributed by atoms with Crippen molar-refractivity contribution in [3.8, 4) is 5.75 Å².